The standard InChI is InChI=1S/C12H19F3N4O/c1-8(10-16-9(2)17-18-10)19-5-3-11(7-20,4-6-19)12(13,14)15/h8,20H,3-7H2,1-2H3,(H,16,17,18). The molecule has 1 aliphatic rings. The Morgan fingerprint density at radius 3 is 2.40 bits per heavy atom. The molecule has 0 bridgehead atoms. The van der Waals surface area contributed by atoms with Gasteiger partial charge in [0.05, 0.1) is 18.1 Å². The second-order valence-electron chi connectivity index (χ2n) is 5.43. The minimum Gasteiger partial charge on any atom is -0.395 e. The highest BCUT2D eigenvalue weighted by Gasteiger charge is 2.55. The maximum Gasteiger partial charge on any atom is 0.396 e. The van der Waals surface area contributed by atoms with Gasteiger partial charge in [-0.2, -0.15) is 18.3 Å². The number of alkyl halides is 3. The van der Waals surface area contributed by atoms with Gasteiger partial charge in [-0.1, -0.05) is 0 Å². The highest BCUT2D eigenvalue weighted by Crippen LogP contribution is 2.46. The van der Waals surface area contributed by atoms with Crippen LogP contribution in [-0.4, -0.2) is 51.1 Å². The molecule has 0 aliphatic carbocycles. The Labute approximate surface area is 115 Å². The van der Waals surface area contributed by atoms with Gasteiger partial charge in [-0.15, -0.1) is 0 Å². The molecule has 1 aromatic rings. The maximum atomic E-state index is 13.0. The van der Waals surface area contributed by atoms with Crippen molar-refractivity contribution in [3.05, 3.63) is 11.6 Å². The Kier molecular flexibility index (Phi) is 4.06. The van der Waals surface area contributed by atoms with E-state index in [9.17, 15) is 13.2 Å². The number of aromatic nitrogens is 3. The molecule has 8 heteroatoms. The van der Waals surface area contributed by atoms with Gasteiger partial charge in [-0.05, 0) is 39.8 Å². The van der Waals surface area contributed by atoms with Crippen LogP contribution in [0, 0.1) is 12.3 Å². The molecular formula is C12H19F3N4O. The summed E-state index contributed by atoms with van der Waals surface area (Å²) in [6.45, 7) is 3.35. The van der Waals surface area contributed by atoms with Gasteiger partial charge in [0, 0.05) is 0 Å². The largest absolute Gasteiger partial charge is 0.396 e. The second-order valence-corrected chi connectivity index (χ2v) is 5.43. The van der Waals surface area contributed by atoms with Crippen molar-refractivity contribution < 1.29 is 18.3 Å². The number of likely N-dealkylation sites (tertiary alicyclic amines) is 1. The molecule has 1 aliphatic heterocycles. The molecule has 1 aromatic heterocycles. The van der Waals surface area contributed by atoms with Crippen LogP contribution in [-0.2, 0) is 0 Å². The quantitative estimate of drug-likeness (QED) is 0.892. The lowest BCUT2D eigenvalue weighted by Gasteiger charge is -2.43. The van der Waals surface area contributed by atoms with E-state index in [1.807, 2.05) is 11.8 Å². The van der Waals surface area contributed by atoms with E-state index in [1.165, 1.54) is 0 Å². The lowest BCUT2D eigenvalue weighted by Crippen LogP contribution is -2.50. The molecule has 2 rings (SSSR count). The number of hydrogen-bond donors (Lipinski definition) is 2. The van der Waals surface area contributed by atoms with Crippen LogP contribution in [0.15, 0.2) is 0 Å². The SMILES string of the molecule is Cc1nc(C(C)N2CCC(CO)(C(F)(F)F)CC2)n[nH]1. The summed E-state index contributed by atoms with van der Waals surface area (Å²) in [7, 11) is 0. The number of aryl methyl sites for hydroxylation is 1. The molecule has 2 heterocycles. The molecule has 1 saturated heterocycles. The van der Waals surface area contributed by atoms with Crippen LogP contribution in [0.3, 0.4) is 0 Å². The molecular weight excluding hydrogens is 273 g/mol. The molecule has 0 radical (unpaired) electrons. The van der Waals surface area contributed by atoms with E-state index in [4.69, 9.17) is 5.11 Å². The topological polar surface area (TPSA) is 65.0 Å². The summed E-state index contributed by atoms with van der Waals surface area (Å²) in [5.41, 5.74) is -1.96. The van der Waals surface area contributed by atoms with Crippen LogP contribution in [0.2, 0.25) is 0 Å². The maximum absolute atomic E-state index is 13.0. The van der Waals surface area contributed by atoms with Crippen LogP contribution in [0.4, 0.5) is 13.2 Å². The summed E-state index contributed by atoms with van der Waals surface area (Å²) in [5.74, 6) is 1.27. The fourth-order valence-electron chi connectivity index (χ4n) is 2.58. The van der Waals surface area contributed by atoms with Gasteiger partial charge in [0.25, 0.3) is 0 Å². The van der Waals surface area contributed by atoms with E-state index in [1.54, 1.807) is 6.92 Å². The third-order valence-corrected chi connectivity index (χ3v) is 4.20. The van der Waals surface area contributed by atoms with Crippen LogP contribution in [0.5, 0.6) is 0 Å². The van der Waals surface area contributed by atoms with Crippen molar-refractivity contribution in [3.63, 3.8) is 0 Å². The number of hydrogen-bond acceptors (Lipinski definition) is 4. The Bertz CT molecular complexity index is 452. The molecule has 0 aromatic carbocycles. The van der Waals surface area contributed by atoms with E-state index in [2.05, 4.69) is 15.2 Å². The van der Waals surface area contributed by atoms with Crippen molar-refractivity contribution in [3.8, 4) is 0 Å². The highest BCUT2D eigenvalue weighted by atomic mass is 19.4. The van der Waals surface area contributed by atoms with E-state index >= 15 is 0 Å². The molecule has 2 N–H and O–H groups in total. The van der Waals surface area contributed by atoms with Gasteiger partial charge in [0.1, 0.15) is 5.82 Å². The zero-order chi connectivity index (χ0) is 15.0. The molecule has 5 nitrogen and oxygen atoms in total. The van der Waals surface area contributed by atoms with Crippen LogP contribution in [0.1, 0.15) is 37.5 Å². The van der Waals surface area contributed by atoms with E-state index < -0.39 is 18.2 Å². The Morgan fingerprint density at radius 2 is 2.00 bits per heavy atom. The number of nitrogens with zero attached hydrogens (tertiary/aromatic N) is 3. The number of nitrogens with one attached hydrogen (secondary N) is 1. The van der Waals surface area contributed by atoms with Crippen molar-refractivity contribution in [1.29, 1.82) is 0 Å². The summed E-state index contributed by atoms with van der Waals surface area (Å²) in [6, 6.07) is -0.134. The number of halogens is 3. The molecule has 0 amide bonds. The van der Waals surface area contributed by atoms with E-state index in [0.29, 0.717) is 11.6 Å². The van der Waals surface area contributed by atoms with Gasteiger partial charge in [-0.25, -0.2) is 4.98 Å². The Balaban J connectivity index is 2.04. The van der Waals surface area contributed by atoms with Crippen molar-refractivity contribution >= 4 is 0 Å². The first-order valence-electron chi connectivity index (χ1n) is 6.59. The average Bonchev–Trinajstić information content (AvgIpc) is 2.83. The van der Waals surface area contributed by atoms with Gasteiger partial charge in [0.15, 0.2) is 5.82 Å². The third kappa shape index (κ3) is 2.67. The lowest BCUT2D eigenvalue weighted by molar-refractivity contribution is -0.250. The number of aliphatic hydroxyl groups excluding tert-OH is 1. The number of rotatable bonds is 3. The van der Waals surface area contributed by atoms with Crippen LogP contribution < -0.4 is 0 Å². The predicted octanol–water partition coefficient (Wildman–Crippen LogP) is 1.81. The monoisotopic (exact) mass is 292 g/mol. The molecule has 1 atom stereocenters. The highest BCUT2D eigenvalue weighted by molar-refractivity contribution is 4.98. The van der Waals surface area contributed by atoms with Crippen molar-refractivity contribution in [2.45, 2.75) is 38.9 Å². The Morgan fingerprint density at radius 1 is 1.40 bits per heavy atom. The number of piperidine rings is 1. The minimum atomic E-state index is -4.36. The zero-order valence-electron chi connectivity index (χ0n) is 11.5. The number of aliphatic hydroxyl groups is 1. The Hall–Kier alpha value is -1.15. The second kappa shape index (κ2) is 5.33. The molecule has 1 fully saturated rings. The molecule has 0 saturated carbocycles. The number of H-pyrrole nitrogens is 1. The zero-order valence-corrected chi connectivity index (χ0v) is 11.5. The molecule has 0 spiro atoms. The van der Waals surface area contributed by atoms with Crippen LogP contribution >= 0.6 is 0 Å². The van der Waals surface area contributed by atoms with Gasteiger partial charge < -0.3 is 5.11 Å². The van der Waals surface area contributed by atoms with E-state index in [-0.39, 0.29) is 32.0 Å². The fraction of sp³-hybridized carbons (Fsp3) is 0.833. The van der Waals surface area contributed by atoms with Crippen molar-refractivity contribution in [1.82, 2.24) is 20.1 Å². The van der Waals surface area contributed by atoms with Gasteiger partial charge in [0.2, 0.25) is 0 Å². The van der Waals surface area contributed by atoms with Crippen molar-refractivity contribution in [2.24, 2.45) is 5.41 Å². The summed E-state index contributed by atoms with van der Waals surface area (Å²) in [5, 5.41) is 15.9. The van der Waals surface area contributed by atoms with E-state index in [0.717, 1.165) is 0 Å². The van der Waals surface area contributed by atoms with Crippen molar-refractivity contribution in [2.75, 3.05) is 19.7 Å². The predicted molar refractivity (Wildman–Crippen MR) is 65.9 cm³/mol. The average molecular weight is 292 g/mol. The summed E-state index contributed by atoms with van der Waals surface area (Å²) in [4.78, 5) is 6.13. The summed E-state index contributed by atoms with van der Waals surface area (Å²) >= 11 is 0. The van der Waals surface area contributed by atoms with Gasteiger partial charge >= 0.3 is 6.18 Å². The first kappa shape index (κ1) is 15.2. The molecule has 20 heavy (non-hydrogen) atoms. The number of aromatic amines is 1. The summed E-state index contributed by atoms with van der Waals surface area (Å²) in [6.07, 6.45) is -4.56. The van der Waals surface area contributed by atoms with Crippen LogP contribution in [0.25, 0.3) is 0 Å². The minimum absolute atomic E-state index is 0.0965. The third-order valence-electron chi connectivity index (χ3n) is 4.20. The lowest BCUT2D eigenvalue weighted by atomic mass is 9.78. The normalized spacial score (nSPS) is 21.9. The van der Waals surface area contributed by atoms with Gasteiger partial charge in [-0.3, -0.25) is 10.00 Å². The summed E-state index contributed by atoms with van der Waals surface area (Å²) < 4.78 is 39.1. The first-order valence-corrected chi connectivity index (χ1v) is 6.59. The fourth-order valence-corrected chi connectivity index (χ4v) is 2.58. The smallest absolute Gasteiger partial charge is 0.395 e. The molecule has 1 unspecified atom stereocenters. The first-order chi connectivity index (χ1) is 9.29. The molecule has 114 valence electrons.